The van der Waals surface area contributed by atoms with Gasteiger partial charge in [0.05, 0.1) is 13.2 Å². The highest BCUT2D eigenvalue weighted by Gasteiger charge is 2.23. The van der Waals surface area contributed by atoms with Crippen LogP contribution in [-0.4, -0.2) is 26.7 Å². The molecule has 0 aliphatic rings. The van der Waals surface area contributed by atoms with E-state index in [1.54, 1.807) is 0 Å². The minimum absolute atomic E-state index is 0.0672. The van der Waals surface area contributed by atoms with E-state index in [0.717, 1.165) is 6.07 Å². The van der Waals surface area contributed by atoms with Crippen molar-refractivity contribution in [2.45, 2.75) is 32.4 Å². The van der Waals surface area contributed by atoms with Crippen LogP contribution in [0.2, 0.25) is 0 Å². The van der Waals surface area contributed by atoms with E-state index in [4.69, 9.17) is 4.74 Å². The largest absolute Gasteiger partial charge is 0.493 e. The lowest BCUT2D eigenvalue weighted by molar-refractivity contribution is -0.0513. The van der Waals surface area contributed by atoms with Crippen LogP contribution >= 0.6 is 0 Å². The quantitative estimate of drug-likeness (QED) is 0.743. The van der Waals surface area contributed by atoms with Crippen molar-refractivity contribution < 1.29 is 27.0 Å². The molecule has 0 aliphatic heterocycles. The molecular weight excluding hydrogens is 278 g/mol. The number of alkyl halides is 4. The van der Waals surface area contributed by atoms with Gasteiger partial charge in [0, 0.05) is 0 Å². The van der Waals surface area contributed by atoms with Crippen molar-refractivity contribution >= 4 is 0 Å². The molecule has 1 rings (SSSR count). The summed E-state index contributed by atoms with van der Waals surface area (Å²) >= 11 is 0. The predicted octanol–water partition coefficient (Wildman–Crippen LogP) is 3.60. The Hall–Kier alpha value is -1.50. The molecule has 1 atom stereocenters. The van der Waals surface area contributed by atoms with E-state index in [0.29, 0.717) is 13.0 Å². The van der Waals surface area contributed by atoms with Crippen molar-refractivity contribution in [3.8, 4) is 11.5 Å². The molecule has 1 N–H and O–H groups in total. The fourth-order valence-corrected chi connectivity index (χ4v) is 1.73. The minimum atomic E-state index is -3.05. The lowest BCUT2D eigenvalue weighted by Crippen LogP contribution is -2.28. The lowest BCUT2D eigenvalue weighted by Gasteiger charge is -2.19. The molecule has 1 aromatic rings. The van der Waals surface area contributed by atoms with Crippen molar-refractivity contribution in [1.29, 1.82) is 0 Å². The van der Waals surface area contributed by atoms with E-state index >= 15 is 0 Å². The average Bonchev–Trinajstić information content (AvgIpc) is 2.38. The van der Waals surface area contributed by atoms with Crippen LogP contribution in [0.1, 0.15) is 24.9 Å². The summed E-state index contributed by atoms with van der Waals surface area (Å²) in [6.07, 6.45) is -1.98. The smallest absolute Gasteiger partial charge is 0.387 e. The Bertz CT molecular complexity index is 415. The zero-order valence-electron chi connectivity index (χ0n) is 11.2. The highest BCUT2D eigenvalue weighted by atomic mass is 19.3. The topological polar surface area (TPSA) is 30.5 Å². The highest BCUT2D eigenvalue weighted by Crippen LogP contribution is 2.33. The summed E-state index contributed by atoms with van der Waals surface area (Å²) in [4.78, 5) is 0. The standard InChI is InChI=1S/C13H17F4NO2/c1-3-6-18-11(12(14)15)8-4-5-9(19-2)10(7-8)20-13(16)17/h4-5,7,11-13,18H,3,6H2,1-2H3. The first kappa shape index (κ1) is 16.6. The Balaban J connectivity index is 3.03. The number of nitrogens with one attached hydrogen (secondary N) is 1. The SMILES string of the molecule is CCCNC(c1ccc(OC)c(OC(F)F)c1)C(F)F. The normalized spacial score (nSPS) is 12.8. The maximum absolute atomic E-state index is 13.0. The zero-order valence-corrected chi connectivity index (χ0v) is 11.2. The maximum Gasteiger partial charge on any atom is 0.387 e. The number of benzene rings is 1. The maximum atomic E-state index is 13.0. The summed E-state index contributed by atoms with van der Waals surface area (Å²) in [6, 6.07) is 2.64. The van der Waals surface area contributed by atoms with Crippen molar-refractivity contribution in [2.24, 2.45) is 0 Å². The minimum Gasteiger partial charge on any atom is -0.493 e. The molecule has 0 amide bonds. The van der Waals surface area contributed by atoms with E-state index in [1.807, 2.05) is 6.92 Å². The highest BCUT2D eigenvalue weighted by molar-refractivity contribution is 5.44. The van der Waals surface area contributed by atoms with Crippen LogP contribution in [0.15, 0.2) is 18.2 Å². The Kier molecular flexibility index (Phi) is 6.57. The van der Waals surface area contributed by atoms with Crippen LogP contribution in [0.3, 0.4) is 0 Å². The van der Waals surface area contributed by atoms with Gasteiger partial charge in [0.25, 0.3) is 6.43 Å². The van der Waals surface area contributed by atoms with Gasteiger partial charge >= 0.3 is 6.61 Å². The van der Waals surface area contributed by atoms with Gasteiger partial charge in [-0.2, -0.15) is 8.78 Å². The Morgan fingerprint density at radius 1 is 1.15 bits per heavy atom. The number of methoxy groups -OCH3 is 1. The molecule has 0 saturated carbocycles. The fraction of sp³-hybridized carbons (Fsp3) is 0.538. The molecule has 0 bridgehead atoms. The van der Waals surface area contributed by atoms with Gasteiger partial charge in [-0.25, -0.2) is 8.78 Å². The molecular formula is C13H17F4NO2. The van der Waals surface area contributed by atoms with Crippen LogP contribution < -0.4 is 14.8 Å². The lowest BCUT2D eigenvalue weighted by atomic mass is 10.1. The van der Waals surface area contributed by atoms with Gasteiger partial charge in [0.15, 0.2) is 11.5 Å². The summed E-state index contributed by atoms with van der Waals surface area (Å²) in [5.74, 6) is -0.193. The first-order valence-corrected chi connectivity index (χ1v) is 6.13. The average molecular weight is 295 g/mol. The number of ether oxygens (including phenoxy) is 2. The van der Waals surface area contributed by atoms with Crippen molar-refractivity contribution in [3.05, 3.63) is 23.8 Å². The zero-order chi connectivity index (χ0) is 15.1. The molecule has 3 nitrogen and oxygen atoms in total. The summed E-state index contributed by atoms with van der Waals surface area (Å²) in [5.41, 5.74) is 0.171. The van der Waals surface area contributed by atoms with E-state index in [1.165, 1.54) is 19.2 Å². The van der Waals surface area contributed by atoms with Gasteiger partial charge in [0.1, 0.15) is 0 Å². The Morgan fingerprint density at radius 3 is 2.35 bits per heavy atom. The van der Waals surface area contributed by atoms with Crippen LogP contribution in [0.5, 0.6) is 11.5 Å². The van der Waals surface area contributed by atoms with E-state index in [2.05, 4.69) is 10.1 Å². The molecule has 0 radical (unpaired) electrons. The van der Waals surface area contributed by atoms with Crippen molar-refractivity contribution in [1.82, 2.24) is 5.32 Å². The number of rotatable bonds is 8. The third kappa shape index (κ3) is 4.56. The molecule has 7 heteroatoms. The molecule has 0 aliphatic carbocycles. The second-order valence-corrected chi connectivity index (χ2v) is 4.06. The fourth-order valence-electron chi connectivity index (χ4n) is 1.73. The van der Waals surface area contributed by atoms with E-state index in [-0.39, 0.29) is 17.1 Å². The third-order valence-corrected chi connectivity index (χ3v) is 2.63. The number of hydrogen-bond donors (Lipinski definition) is 1. The predicted molar refractivity (Wildman–Crippen MR) is 66.7 cm³/mol. The first-order chi connectivity index (χ1) is 9.49. The van der Waals surface area contributed by atoms with Crippen LogP contribution in [0.4, 0.5) is 17.6 Å². The van der Waals surface area contributed by atoms with Crippen LogP contribution in [0.25, 0.3) is 0 Å². The number of hydrogen-bond acceptors (Lipinski definition) is 3. The Labute approximate surface area is 114 Å². The van der Waals surface area contributed by atoms with Gasteiger partial charge in [0.2, 0.25) is 0 Å². The van der Waals surface area contributed by atoms with Gasteiger partial charge in [-0.15, -0.1) is 0 Å². The van der Waals surface area contributed by atoms with Crippen molar-refractivity contribution in [3.63, 3.8) is 0 Å². The summed E-state index contributed by atoms with van der Waals surface area (Å²) < 4.78 is 59.7. The monoisotopic (exact) mass is 295 g/mol. The summed E-state index contributed by atoms with van der Waals surface area (Å²) in [7, 11) is 1.28. The van der Waals surface area contributed by atoms with Crippen LogP contribution in [-0.2, 0) is 0 Å². The van der Waals surface area contributed by atoms with Crippen molar-refractivity contribution in [2.75, 3.05) is 13.7 Å². The molecule has 0 fully saturated rings. The Morgan fingerprint density at radius 2 is 1.85 bits per heavy atom. The van der Waals surface area contributed by atoms with E-state index < -0.39 is 19.1 Å². The molecule has 114 valence electrons. The molecule has 0 heterocycles. The number of halogens is 4. The van der Waals surface area contributed by atoms with Gasteiger partial charge in [-0.1, -0.05) is 13.0 Å². The van der Waals surface area contributed by atoms with Gasteiger partial charge < -0.3 is 14.8 Å². The second-order valence-electron chi connectivity index (χ2n) is 4.06. The summed E-state index contributed by atoms with van der Waals surface area (Å²) in [5, 5.41) is 2.67. The molecule has 1 unspecified atom stereocenters. The van der Waals surface area contributed by atoms with Gasteiger partial charge in [-0.3, -0.25) is 0 Å². The molecule has 0 aromatic heterocycles. The molecule has 1 aromatic carbocycles. The van der Waals surface area contributed by atoms with Crippen LogP contribution in [0, 0.1) is 0 Å². The van der Waals surface area contributed by atoms with Gasteiger partial charge in [-0.05, 0) is 30.7 Å². The molecule has 0 spiro atoms. The molecule has 20 heavy (non-hydrogen) atoms. The van der Waals surface area contributed by atoms with E-state index in [9.17, 15) is 17.6 Å². The first-order valence-electron chi connectivity index (χ1n) is 6.13. The molecule has 0 saturated heterocycles. The summed E-state index contributed by atoms with van der Waals surface area (Å²) in [6.45, 7) is -0.811. The second kappa shape index (κ2) is 7.94. The third-order valence-electron chi connectivity index (χ3n) is 2.63.